The second-order valence-corrected chi connectivity index (χ2v) is 8.35. The summed E-state index contributed by atoms with van der Waals surface area (Å²) in [6.07, 6.45) is -0.175. The zero-order valence-electron chi connectivity index (χ0n) is 15.9. The second kappa shape index (κ2) is 9.66. The van der Waals surface area contributed by atoms with Crippen molar-refractivity contribution < 1.29 is 19.3 Å². The molecular formula is C16H29BN4O4S. The van der Waals surface area contributed by atoms with Gasteiger partial charge in [0.15, 0.2) is 5.13 Å². The maximum Gasteiger partial charge on any atom is 0.413 e. The van der Waals surface area contributed by atoms with E-state index >= 15 is 0 Å². The van der Waals surface area contributed by atoms with Crippen LogP contribution in [0.1, 0.15) is 26.5 Å². The number of carbonyl (C=O) groups is 1. The fourth-order valence-electron chi connectivity index (χ4n) is 2.85. The van der Waals surface area contributed by atoms with Crippen LogP contribution in [-0.2, 0) is 15.8 Å². The first-order chi connectivity index (χ1) is 12.3. The maximum atomic E-state index is 11.8. The van der Waals surface area contributed by atoms with Crippen LogP contribution in [0.3, 0.4) is 0 Å². The minimum absolute atomic E-state index is 0.147. The van der Waals surface area contributed by atoms with Gasteiger partial charge in [-0.25, -0.2) is 9.78 Å². The molecule has 1 fully saturated rings. The van der Waals surface area contributed by atoms with Crippen molar-refractivity contribution in [3.05, 3.63) is 11.1 Å². The predicted molar refractivity (Wildman–Crippen MR) is 104 cm³/mol. The number of anilines is 1. The molecule has 1 aromatic heterocycles. The van der Waals surface area contributed by atoms with Crippen LogP contribution < -0.4 is 10.5 Å². The topological polar surface area (TPSA) is 96.0 Å². The van der Waals surface area contributed by atoms with E-state index in [4.69, 9.17) is 9.39 Å². The molecule has 8 nitrogen and oxygen atoms in total. The number of rotatable bonds is 8. The number of hydrogen-bond donors (Lipinski definition) is 3. The zero-order chi connectivity index (χ0) is 19.2. The summed E-state index contributed by atoms with van der Waals surface area (Å²) in [6.45, 7) is 8.66. The molecule has 1 aliphatic rings. The van der Waals surface area contributed by atoms with Crippen LogP contribution in [0.15, 0.2) is 5.38 Å². The Bertz CT molecular complexity index is 581. The van der Waals surface area contributed by atoms with E-state index in [1.807, 2.05) is 26.2 Å². The Hall–Kier alpha value is -1.20. The average Bonchev–Trinajstić information content (AvgIpc) is 3.09. The van der Waals surface area contributed by atoms with Crippen LogP contribution in [0.25, 0.3) is 0 Å². The number of nitrogens with one attached hydrogen (secondary N) is 2. The normalized spacial score (nSPS) is 21.0. The minimum atomic E-state index is -0.542. The van der Waals surface area contributed by atoms with Crippen LogP contribution in [0.5, 0.6) is 0 Å². The lowest BCUT2D eigenvalue weighted by molar-refractivity contribution is 0.0636. The molecular weight excluding hydrogens is 355 g/mol. The lowest BCUT2D eigenvalue weighted by Crippen LogP contribution is -2.33. The molecule has 0 saturated carbocycles. The number of nitrogens with zero attached hydrogens (tertiary/aromatic N) is 2. The van der Waals surface area contributed by atoms with E-state index in [0.717, 1.165) is 25.3 Å². The molecule has 146 valence electrons. The quantitative estimate of drug-likeness (QED) is 0.451. The Labute approximate surface area is 159 Å². The SMILES string of the molecule is COBNCCN1C[C@@H](Cc2csc(NC(=O)OC(C)(C)C)n2)[C@H](O)C1. The van der Waals surface area contributed by atoms with Crippen molar-refractivity contribution in [2.45, 2.75) is 38.9 Å². The number of aliphatic hydroxyl groups is 1. The molecule has 1 saturated heterocycles. The van der Waals surface area contributed by atoms with E-state index in [-0.39, 0.29) is 12.0 Å². The van der Waals surface area contributed by atoms with E-state index in [9.17, 15) is 9.90 Å². The average molecular weight is 384 g/mol. The number of hydrogen-bond acceptors (Lipinski definition) is 8. The van der Waals surface area contributed by atoms with Crippen LogP contribution >= 0.6 is 11.3 Å². The summed E-state index contributed by atoms with van der Waals surface area (Å²) < 4.78 is 10.2. The summed E-state index contributed by atoms with van der Waals surface area (Å²) in [5.74, 6) is 0.147. The highest BCUT2D eigenvalue weighted by Gasteiger charge is 2.31. The van der Waals surface area contributed by atoms with Crippen molar-refractivity contribution in [2.75, 3.05) is 38.6 Å². The number of ether oxygens (including phenoxy) is 1. The van der Waals surface area contributed by atoms with Gasteiger partial charge in [0.05, 0.1) is 11.8 Å². The molecule has 2 atom stereocenters. The van der Waals surface area contributed by atoms with Gasteiger partial charge in [0.25, 0.3) is 0 Å². The first kappa shape index (κ1) is 21.1. The van der Waals surface area contributed by atoms with Crippen molar-refractivity contribution in [1.29, 1.82) is 0 Å². The molecule has 10 heteroatoms. The third kappa shape index (κ3) is 7.20. The molecule has 0 spiro atoms. The largest absolute Gasteiger partial charge is 0.444 e. The number of likely N-dealkylation sites (tertiary alicyclic amines) is 1. The molecule has 0 bridgehead atoms. The highest BCUT2D eigenvalue weighted by atomic mass is 32.1. The van der Waals surface area contributed by atoms with E-state index in [0.29, 0.717) is 25.7 Å². The number of amides is 1. The van der Waals surface area contributed by atoms with Gasteiger partial charge in [0, 0.05) is 38.0 Å². The summed E-state index contributed by atoms with van der Waals surface area (Å²) in [5.41, 5.74) is 0.337. The third-order valence-electron chi connectivity index (χ3n) is 3.96. The zero-order valence-corrected chi connectivity index (χ0v) is 16.8. The van der Waals surface area contributed by atoms with Crippen molar-refractivity contribution in [1.82, 2.24) is 15.1 Å². The number of aliphatic hydroxyl groups excluding tert-OH is 1. The minimum Gasteiger partial charge on any atom is -0.444 e. The van der Waals surface area contributed by atoms with Gasteiger partial charge >= 0.3 is 13.7 Å². The third-order valence-corrected chi connectivity index (χ3v) is 4.77. The van der Waals surface area contributed by atoms with Crippen LogP contribution in [0.4, 0.5) is 9.93 Å². The van der Waals surface area contributed by atoms with E-state index in [1.165, 1.54) is 11.3 Å². The molecule has 1 aliphatic heterocycles. The monoisotopic (exact) mass is 384 g/mol. The van der Waals surface area contributed by atoms with E-state index < -0.39 is 11.7 Å². The van der Waals surface area contributed by atoms with E-state index in [2.05, 4.69) is 20.4 Å². The lowest BCUT2D eigenvalue weighted by Gasteiger charge is -2.18. The van der Waals surface area contributed by atoms with Gasteiger partial charge in [-0.05, 0) is 33.7 Å². The summed E-state index contributed by atoms with van der Waals surface area (Å²) >= 11 is 1.37. The lowest BCUT2D eigenvalue weighted by atomic mass is 10.0. The van der Waals surface area contributed by atoms with Gasteiger partial charge in [0.1, 0.15) is 5.60 Å². The van der Waals surface area contributed by atoms with Crippen LogP contribution in [-0.4, -0.2) is 73.7 Å². The summed E-state index contributed by atoms with van der Waals surface area (Å²) in [7, 11) is 2.19. The van der Waals surface area contributed by atoms with Crippen molar-refractivity contribution in [3.63, 3.8) is 0 Å². The fraction of sp³-hybridized carbons (Fsp3) is 0.750. The van der Waals surface area contributed by atoms with E-state index in [1.54, 1.807) is 7.11 Å². The highest BCUT2D eigenvalue weighted by Crippen LogP contribution is 2.24. The first-order valence-electron chi connectivity index (χ1n) is 8.81. The molecule has 3 N–H and O–H groups in total. The maximum absolute atomic E-state index is 11.8. The Morgan fingerprint density at radius 1 is 1.50 bits per heavy atom. The van der Waals surface area contributed by atoms with Gasteiger partial charge in [-0.1, -0.05) is 0 Å². The number of thiazole rings is 1. The number of carbonyl (C=O) groups excluding carboxylic acids is 1. The molecule has 2 heterocycles. The molecule has 1 aromatic rings. The van der Waals surface area contributed by atoms with Gasteiger partial charge in [-0.3, -0.25) is 10.2 Å². The molecule has 0 radical (unpaired) electrons. The molecule has 0 aliphatic carbocycles. The molecule has 1 amide bonds. The van der Waals surface area contributed by atoms with Crippen molar-refractivity contribution in [2.24, 2.45) is 5.92 Å². The van der Waals surface area contributed by atoms with Gasteiger partial charge in [-0.2, -0.15) is 0 Å². The number of aromatic nitrogens is 1. The fourth-order valence-corrected chi connectivity index (χ4v) is 3.56. The molecule has 26 heavy (non-hydrogen) atoms. The highest BCUT2D eigenvalue weighted by molar-refractivity contribution is 7.13. The van der Waals surface area contributed by atoms with Crippen molar-refractivity contribution >= 4 is 30.2 Å². The summed E-state index contributed by atoms with van der Waals surface area (Å²) in [5, 5.41) is 18.6. The summed E-state index contributed by atoms with van der Waals surface area (Å²) in [4.78, 5) is 18.5. The van der Waals surface area contributed by atoms with Crippen LogP contribution in [0.2, 0.25) is 0 Å². The smallest absolute Gasteiger partial charge is 0.413 e. The molecule has 2 rings (SSSR count). The Kier molecular flexibility index (Phi) is 7.84. The predicted octanol–water partition coefficient (Wildman–Crippen LogP) is 0.828. The summed E-state index contributed by atoms with van der Waals surface area (Å²) in [6, 6.07) is 0. The van der Waals surface area contributed by atoms with Gasteiger partial charge in [-0.15, -0.1) is 11.3 Å². The van der Waals surface area contributed by atoms with Gasteiger partial charge < -0.3 is 19.7 Å². The molecule has 0 aromatic carbocycles. The standard InChI is InChI=1S/C16H29BN4O4S/c1-16(2,3)25-15(23)20-14-19-12(10-26-14)7-11-8-21(9-13(11)22)6-5-18-17-24-4/h10-11,13,17-18,22H,5-9H2,1-4H3,(H,19,20,23)/t11-,13-/m1/s1. The van der Waals surface area contributed by atoms with Crippen molar-refractivity contribution in [3.8, 4) is 0 Å². The number of β-amino-alcohol motifs (C(OH)–C–C–N with tert-alkyl or cyclic N) is 1. The second-order valence-electron chi connectivity index (χ2n) is 7.50. The Morgan fingerprint density at radius 2 is 2.27 bits per heavy atom. The Morgan fingerprint density at radius 3 is 2.96 bits per heavy atom. The van der Waals surface area contributed by atoms with Crippen LogP contribution in [0, 0.1) is 5.92 Å². The van der Waals surface area contributed by atoms with Gasteiger partial charge in [0.2, 0.25) is 0 Å². The Balaban J connectivity index is 1.78. The molecule has 0 unspecified atom stereocenters. The first-order valence-corrected chi connectivity index (χ1v) is 9.69.